The van der Waals surface area contributed by atoms with Crippen molar-refractivity contribution in [2.45, 2.75) is 130 Å². The van der Waals surface area contributed by atoms with Gasteiger partial charge in [-0.05, 0) is 67.1 Å². The number of fused-ring (bicyclic) bond motifs is 1. The van der Waals surface area contributed by atoms with Crippen LogP contribution < -0.4 is 21.3 Å². The molecule has 2 saturated carbocycles. The Morgan fingerprint density at radius 1 is 0.941 bits per heavy atom. The molecule has 0 radical (unpaired) electrons. The monoisotopic (exact) mass is 733 g/mol. The molecule has 12 nitrogen and oxygen atoms in total. The Bertz CT molecular complexity index is 1430. The molecule has 13 heteroatoms. The van der Waals surface area contributed by atoms with E-state index in [1.165, 1.54) is 4.90 Å². The van der Waals surface area contributed by atoms with Crippen LogP contribution in [0.1, 0.15) is 106 Å². The summed E-state index contributed by atoms with van der Waals surface area (Å²) in [6.45, 7) is 21.4. The molecule has 0 bridgehead atoms. The lowest BCUT2D eigenvalue weighted by Gasteiger charge is -2.40. The number of likely N-dealkylation sites (tertiary alicyclic amines) is 1. The number of urea groups is 1. The molecule has 0 aromatic rings. The van der Waals surface area contributed by atoms with E-state index in [2.05, 4.69) is 34.4 Å². The fourth-order valence-electron chi connectivity index (χ4n) is 7.82. The zero-order valence-electron chi connectivity index (χ0n) is 31.9. The summed E-state index contributed by atoms with van der Waals surface area (Å²) in [6.07, 6.45) is 8.40. The van der Waals surface area contributed by atoms with E-state index >= 15 is 0 Å². The molecule has 4 N–H and O–H groups in total. The summed E-state index contributed by atoms with van der Waals surface area (Å²) in [6, 6.07) is -3.68. The third-order valence-electron chi connectivity index (χ3n) is 11.0. The third kappa shape index (κ3) is 10.9. The molecule has 1 unspecified atom stereocenters. The standard InChI is InChI=1S/C38H63N5O7S/c1-10-12-17-27(30(44)33(46)39-21-13-11-2)40-32(45)29-28-26(37(28,8)9)23-43(29)34(47)31(36(5,6)7)41-35(48)42-38(19-15-14-16-20-38)24-51(49,50)22-18-25(3)4/h10-11,25-29,31H,1-2,12-24H2,3-9H3,(H,39,46)(H,40,45)(H2,41,42,48)/t26-,27?,28-,29-,31+/m0/s1. The number of nitrogens with zero attached hydrogens (tertiary/aromatic N) is 1. The van der Waals surface area contributed by atoms with Crippen molar-refractivity contribution in [3.8, 4) is 0 Å². The van der Waals surface area contributed by atoms with Crippen molar-refractivity contribution < 1.29 is 32.4 Å². The highest BCUT2D eigenvalue weighted by molar-refractivity contribution is 7.91. The van der Waals surface area contributed by atoms with Gasteiger partial charge in [0.05, 0.1) is 23.1 Å². The maximum Gasteiger partial charge on any atom is 0.315 e. The van der Waals surface area contributed by atoms with Crippen molar-refractivity contribution in [2.75, 3.05) is 24.6 Å². The van der Waals surface area contributed by atoms with Crippen molar-refractivity contribution in [1.82, 2.24) is 26.2 Å². The first-order chi connectivity index (χ1) is 23.7. The molecule has 51 heavy (non-hydrogen) atoms. The highest BCUT2D eigenvalue weighted by Crippen LogP contribution is 2.65. The van der Waals surface area contributed by atoms with Gasteiger partial charge in [-0.3, -0.25) is 19.2 Å². The molecule has 1 aliphatic heterocycles. The molecule has 0 spiro atoms. The molecule has 0 aromatic carbocycles. The second kappa shape index (κ2) is 17.1. The number of ketones is 1. The van der Waals surface area contributed by atoms with Crippen LogP contribution in [0, 0.1) is 28.6 Å². The van der Waals surface area contributed by atoms with E-state index in [0.717, 1.165) is 19.3 Å². The number of allylic oxidation sites excluding steroid dienone is 1. The van der Waals surface area contributed by atoms with Crippen molar-refractivity contribution in [1.29, 1.82) is 0 Å². The highest BCUT2D eigenvalue weighted by Gasteiger charge is 2.70. The van der Waals surface area contributed by atoms with Crippen molar-refractivity contribution in [3.63, 3.8) is 0 Å². The summed E-state index contributed by atoms with van der Waals surface area (Å²) >= 11 is 0. The Balaban J connectivity index is 1.83. The Morgan fingerprint density at radius 3 is 2.14 bits per heavy atom. The lowest BCUT2D eigenvalue weighted by Crippen LogP contribution is -2.64. The summed E-state index contributed by atoms with van der Waals surface area (Å²) in [4.78, 5) is 69.7. The van der Waals surface area contributed by atoms with E-state index in [1.54, 1.807) is 12.2 Å². The fraction of sp³-hybridized carbons (Fsp3) is 0.763. The predicted octanol–water partition coefficient (Wildman–Crippen LogP) is 4.06. The number of rotatable bonds is 18. The van der Waals surface area contributed by atoms with E-state index in [4.69, 9.17) is 0 Å². The smallest absolute Gasteiger partial charge is 0.315 e. The minimum absolute atomic E-state index is 0.0396. The van der Waals surface area contributed by atoms with Crippen LogP contribution in [0.15, 0.2) is 25.3 Å². The molecule has 288 valence electrons. The van der Waals surface area contributed by atoms with Gasteiger partial charge in [-0.15, -0.1) is 13.2 Å². The summed E-state index contributed by atoms with van der Waals surface area (Å²) in [5.41, 5.74) is -1.93. The van der Waals surface area contributed by atoms with Crippen LogP contribution in [0.3, 0.4) is 0 Å². The number of carbonyl (C=O) groups is 5. The molecular weight excluding hydrogens is 671 g/mol. The van der Waals surface area contributed by atoms with Gasteiger partial charge in [-0.2, -0.15) is 0 Å². The Kier molecular flexibility index (Phi) is 14.1. The van der Waals surface area contributed by atoms with Crippen LogP contribution in [0.4, 0.5) is 4.79 Å². The van der Waals surface area contributed by atoms with Gasteiger partial charge in [0.15, 0.2) is 9.84 Å². The topological polar surface area (TPSA) is 171 Å². The first-order valence-corrected chi connectivity index (χ1v) is 20.5. The number of carbonyl (C=O) groups excluding carboxylic acids is 5. The molecule has 3 rings (SSSR count). The van der Waals surface area contributed by atoms with Crippen LogP contribution in [0.2, 0.25) is 0 Å². The molecule has 5 amide bonds. The van der Waals surface area contributed by atoms with Gasteiger partial charge in [0.2, 0.25) is 17.6 Å². The van der Waals surface area contributed by atoms with Gasteiger partial charge >= 0.3 is 6.03 Å². The van der Waals surface area contributed by atoms with Crippen molar-refractivity contribution in [3.05, 3.63) is 25.3 Å². The number of nitrogens with one attached hydrogen (secondary N) is 4. The molecule has 1 heterocycles. The third-order valence-corrected chi connectivity index (χ3v) is 12.8. The normalized spacial score (nSPS) is 23.3. The zero-order chi connectivity index (χ0) is 38.4. The number of piperidine rings is 1. The summed E-state index contributed by atoms with van der Waals surface area (Å²) in [5, 5.41) is 11.2. The van der Waals surface area contributed by atoms with Gasteiger partial charge < -0.3 is 26.2 Å². The molecule has 0 aromatic heterocycles. The Labute approximate surface area is 305 Å². The Morgan fingerprint density at radius 2 is 1.57 bits per heavy atom. The van der Waals surface area contributed by atoms with E-state index in [0.29, 0.717) is 38.6 Å². The first kappa shape index (κ1) is 42.2. The average Bonchev–Trinajstić information content (AvgIpc) is 3.34. The lowest BCUT2D eigenvalue weighted by atomic mass is 9.83. The minimum atomic E-state index is -3.45. The average molecular weight is 734 g/mol. The van der Waals surface area contributed by atoms with Crippen LogP contribution in [-0.2, 0) is 29.0 Å². The van der Waals surface area contributed by atoms with E-state index in [1.807, 2.05) is 48.5 Å². The second-order valence-electron chi connectivity index (χ2n) is 17.0. The van der Waals surface area contributed by atoms with Crippen LogP contribution in [0.25, 0.3) is 0 Å². The molecule has 3 fully saturated rings. The van der Waals surface area contributed by atoms with Gasteiger partial charge in [0.25, 0.3) is 5.91 Å². The fourth-order valence-corrected chi connectivity index (χ4v) is 10.00. The SMILES string of the molecule is C=CCCNC(=O)C(=O)C(CCC=C)NC(=O)[C@@H]1[C@@H]2[C@H](CN1C(=O)[C@@H](NC(=O)NC1(CS(=O)(=O)CCC(C)C)CCCCC1)C(C)(C)C)C2(C)C. The summed E-state index contributed by atoms with van der Waals surface area (Å²) in [7, 11) is -3.45. The maximum atomic E-state index is 14.5. The molecule has 2 aliphatic carbocycles. The second-order valence-corrected chi connectivity index (χ2v) is 19.2. The predicted molar refractivity (Wildman–Crippen MR) is 199 cm³/mol. The highest BCUT2D eigenvalue weighted by atomic mass is 32.2. The molecule has 5 atom stereocenters. The maximum absolute atomic E-state index is 14.5. The van der Waals surface area contributed by atoms with Gasteiger partial charge in [0, 0.05) is 13.1 Å². The van der Waals surface area contributed by atoms with E-state index in [-0.39, 0.29) is 47.6 Å². The Hall–Kier alpha value is -3.22. The molecule has 1 saturated heterocycles. The van der Waals surface area contributed by atoms with Crippen LogP contribution in [0.5, 0.6) is 0 Å². The number of amides is 5. The van der Waals surface area contributed by atoms with E-state index in [9.17, 15) is 32.4 Å². The van der Waals surface area contributed by atoms with Gasteiger partial charge in [0.1, 0.15) is 12.1 Å². The number of sulfone groups is 1. The first-order valence-electron chi connectivity index (χ1n) is 18.6. The summed E-state index contributed by atoms with van der Waals surface area (Å²) in [5.74, 6) is -2.53. The van der Waals surface area contributed by atoms with Crippen LogP contribution in [-0.4, -0.2) is 91.1 Å². The number of hydrogen-bond acceptors (Lipinski definition) is 7. The lowest BCUT2D eigenvalue weighted by molar-refractivity contribution is -0.145. The quantitative estimate of drug-likeness (QED) is 0.0935. The largest absolute Gasteiger partial charge is 0.349 e. The number of hydrogen-bond donors (Lipinski definition) is 4. The van der Waals surface area contributed by atoms with Gasteiger partial charge in [-0.25, -0.2) is 13.2 Å². The van der Waals surface area contributed by atoms with Crippen molar-refractivity contribution in [2.24, 2.45) is 28.6 Å². The van der Waals surface area contributed by atoms with Crippen molar-refractivity contribution >= 4 is 39.4 Å². The molecular formula is C38H63N5O7S. The summed E-state index contributed by atoms with van der Waals surface area (Å²) < 4.78 is 26.4. The van der Waals surface area contributed by atoms with E-state index < -0.39 is 68.5 Å². The molecule has 3 aliphatic rings. The minimum Gasteiger partial charge on any atom is -0.349 e. The zero-order valence-corrected chi connectivity index (χ0v) is 32.8. The van der Waals surface area contributed by atoms with Crippen LogP contribution >= 0.6 is 0 Å². The number of Topliss-reactive ketones (excluding diaryl/α,β-unsaturated/α-hetero) is 1. The van der Waals surface area contributed by atoms with Gasteiger partial charge in [-0.1, -0.05) is 79.9 Å².